The summed E-state index contributed by atoms with van der Waals surface area (Å²) in [6.45, 7) is 6.67. The first-order chi connectivity index (χ1) is 17.3. The third-order valence-electron chi connectivity index (χ3n) is 6.23. The molecule has 13 nitrogen and oxygen atoms in total. The van der Waals surface area contributed by atoms with Gasteiger partial charge in [-0.25, -0.2) is 4.68 Å². The van der Waals surface area contributed by atoms with Gasteiger partial charge in [-0.1, -0.05) is 19.8 Å². The van der Waals surface area contributed by atoms with Crippen LogP contribution in [0, 0.1) is 0 Å². The molecule has 36 heavy (non-hydrogen) atoms. The molecule has 196 valence electrons. The van der Waals surface area contributed by atoms with E-state index in [9.17, 15) is 14.4 Å². The summed E-state index contributed by atoms with van der Waals surface area (Å²) in [6.07, 6.45) is 4.54. The molecule has 0 radical (unpaired) electrons. The van der Waals surface area contributed by atoms with E-state index in [4.69, 9.17) is 14.9 Å². The Morgan fingerprint density at radius 3 is 2.86 bits per heavy atom. The van der Waals surface area contributed by atoms with Gasteiger partial charge in [-0.05, 0) is 42.8 Å². The van der Waals surface area contributed by atoms with Crippen LogP contribution in [0.25, 0.3) is 0 Å². The van der Waals surface area contributed by atoms with Crippen LogP contribution in [0.5, 0.6) is 0 Å². The van der Waals surface area contributed by atoms with Crippen LogP contribution in [-0.4, -0.2) is 72.1 Å². The molecule has 0 spiro atoms. The van der Waals surface area contributed by atoms with Crippen LogP contribution in [-0.2, 0) is 25.9 Å². The average molecular weight is 521 g/mol. The van der Waals surface area contributed by atoms with Crippen LogP contribution in [0.15, 0.2) is 22.8 Å². The van der Waals surface area contributed by atoms with Crippen molar-refractivity contribution in [1.82, 2.24) is 35.7 Å². The molecule has 2 aliphatic heterocycles. The zero-order valence-corrected chi connectivity index (χ0v) is 21.4. The van der Waals surface area contributed by atoms with Crippen molar-refractivity contribution in [3.63, 3.8) is 0 Å². The maximum Gasteiger partial charge on any atom is 0.251 e. The molecule has 4 heterocycles. The maximum absolute atomic E-state index is 13.3. The van der Waals surface area contributed by atoms with Gasteiger partial charge in [0.25, 0.3) is 5.91 Å². The lowest BCUT2D eigenvalue weighted by Gasteiger charge is -2.44. The van der Waals surface area contributed by atoms with E-state index in [1.165, 1.54) is 6.26 Å². The van der Waals surface area contributed by atoms with Crippen molar-refractivity contribution in [2.45, 2.75) is 75.0 Å². The number of tetrazole rings is 1. The van der Waals surface area contributed by atoms with Gasteiger partial charge in [0.1, 0.15) is 29.9 Å². The minimum Gasteiger partial charge on any atom is -0.467 e. The number of thioether (sulfide) groups is 1. The lowest BCUT2D eigenvalue weighted by molar-refractivity contribution is -0.152. The fraction of sp³-hybridized carbons (Fsp3) is 0.636. The van der Waals surface area contributed by atoms with Gasteiger partial charge in [-0.15, -0.1) is 16.9 Å². The molecule has 2 aromatic rings. The highest BCUT2D eigenvalue weighted by atomic mass is 32.2. The minimum absolute atomic E-state index is 0.196. The molecule has 3 unspecified atom stereocenters. The molecular formula is C22H32N8O5S. The zero-order valence-electron chi connectivity index (χ0n) is 20.5. The highest BCUT2D eigenvalue weighted by Gasteiger charge is 2.63. The SMILES string of the molecule is CCCCCOCn1nnnc1C1N2C(=O)C(NC(=O)C(NC(=O)CN)c3ccco3)[C@H]2SC1(C)C. The summed E-state index contributed by atoms with van der Waals surface area (Å²) < 4.78 is 12.2. The number of nitrogens with one attached hydrogen (secondary N) is 2. The van der Waals surface area contributed by atoms with E-state index in [2.05, 4.69) is 33.1 Å². The van der Waals surface area contributed by atoms with Gasteiger partial charge in [0, 0.05) is 11.4 Å². The average Bonchev–Trinajstić information content (AvgIpc) is 3.59. The molecule has 2 aromatic heterocycles. The van der Waals surface area contributed by atoms with E-state index in [1.807, 2.05) is 13.8 Å². The Hall–Kier alpha value is -2.97. The van der Waals surface area contributed by atoms with Crippen molar-refractivity contribution < 1.29 is 23.5 Å². The Labute approximate surface area is 212 Å². The van der Waals surface area contributed by atoms with Gasteiger partial charge in [0.15, 0.2) is 11.9 Å². The van der Waals surface area contributed by atoms with Crippen LogP contribution in [0.4, 0.5) is 0 Å². The molecule has 2 fully saturated rings. The second-order valence-corrected chi connectivity index (χ2v) is 11.0. The number of ether oxygens (including phenoxy) is 1. The van der Waals surface area contributed by atoms with Crippen LogP contribution in [0.2, 0.25) is 0 Å². The fourth-order valence-corrected chi connectivity index (χ4v) is 6.08. The molecule has 4 rings (SSSR count). The van der Waals surface area contributed by atoms with Gasteiger partial charge >= 0.3 is 0 Å². The molecule has 14 heteroatoms. The maximum atomic E-state index is 13.3. The number of fused-ring (bicyclic) bond motifs is 1. The number of nitrogens with two attached hydrogens (primary N) is 1. The number of furan rings is 1. The summed E-state index contributed by atoms with van der Waals surface area (Å²) >= 11 is 1.56. The molecule has 3 amide bonds. The summed E-state index contributed by atoms with van der Waals surface area (Å²) in [4.78, 5) is 39.9. The lowest BCUT2D eigenvalue weighted by Crippen LogP contribution is -2.68. The molecule has 0 aliphatic carbocycles. The number of hydrogen-bond donors (Lipinski definition) is 3. The lowest BCUT2D eigenvalue weighted by atomic mass is 9.95. The van der Waals surface area contributed by atoms with E-state index in [0.717, 1.165) is 19.3 Å². The van der Waals surface area contributed by atoms with Gasteiger partial charge < -0.3 is 30.4 Å². The van der Waals surface area contributed by atoms with Crippen LogP contribution < -0.4 is 16.4 Å². The number of aromatic nitrogens is 4. The minimum atomic E-state index is -1.11. The Bertz CT molecular complexity index is 1070. The van der Waals surface area contributed by atoms with E-state index in [0.29, 0.717) is 12.4 Å². The van der Waals surface area contributed by atoms with Gasteiger partial charge in [0.2, 0.25) is 11.8 Å². The van der Waals surface area contributed by atoms with Gasteiger partial charge in [-0.3, -0.25) is 14.4 Å². The topological polar surface area (TPSA) is 170 Å². The Morgan fingerprint density at radius 1 is 1.36 bits per heavy atom. The molecule has 4 atom stereocenters. The summed E-state index contributed by atoms with van der Waals surface area (Å²) in [5.74, 6) is -0.552. The van der Waals surface area contributed by atoms with Gasteiger partial charge in [-0.2, -0.15) is 0 Å². The predicted octanol–water partition coefficient (Wildman–Crippen LogP) is 0.466. The number of β-lactam (4-membered cyclic amide) rings is 1. The van der Waals surface area contributed by atoms with Gasteiger partial charge in [0.05, 0.1) is 12.8 Å². The molecule has 0 aromatic carbocycles. The number of hydrogen-bond acceptors (Lipinski definition) is 10. The second-order valence-electron chi connectivity index (χ2n) is 9.25. The number of carbonyl (C=O) groups excluding carboxylic acids is 3. The summed E-state index contributed by atoms with van der Waals surface area (Å²) in [5.41, 5.74) is 5.39. The number of rotatable bonds is 12. The first kappa shape index (κ1) is 26.1. The van der Waals surface area contributed by atoms with Crippen molar-refractivity contribution in [1.29, 1.82) is 0 Å². The third-order valence-corrected chi connectivity index (χ3v) is 7.80. The third kappa shape index (κ3) is 5.11. The second kappa shape index (κ2) is 11.0. The van der Waals surface area contributed by atoms with Crippen molar-refractivity contribution >= 4 is 29.5 Å². The zero-order chi connectivity index (χ0) is 25.9. The fourth-order valence-electron chi connectivity index (χ4n) is 4.45. The van der Waals surface area contributed by atoms with Crippen molar-refractivity contribution in [2.24, 2.45) is 5.73 Å². The first-order valence-corrected chi connectivity index (χ1v) is 12.8. The van der Waals surface area contributed by atoms with E-state index >= 15 is 0 Å². The highest BCUT2D eigenvalue weighted by Crippen LogP contribution is 2.56. The van der Waals surface area contributed by atoms with Crippen molar-refractivity contribution in [3.8, 4) is 0 Å². The highest BCUT2D eigenvalue weighted by molar-refractivity contribution is 8.01. The molecule has 2 aliphatic rings. The molecule has 0 bridgehead atoms. The summed E-state index contributed by atoms with van der Waals surface area (Å²) in [7, 11) is 0. The first-order valence-electron chi connectivity index (χ1n) is 12.0. The monoisotopic (exact) mass is 520 g/mol. The van der Waals surface area contributed by atoms with Crippen LogP contribution >= 0.6 is 11.8 Å². The van der Waals surface area contributed by atoms with Crippen molar-refractivity contribution in [2.75, 3.05) is 13.2 Å². The summed E-state index contributed by atoms with van der Waals surface area (Å²) in [5, 5.41) is 17.1. The van der Waals surface area contributed by atoms with E-state index < -0.39 is 34.7 Å². The van der Waals surface area contributed by atoms with E-state index in [1.54, 1.807) is 33.5 Å². The Kier molecular flexibility index (Phi) is 7.95. The number of unbranched alkanes of at least 4 members (excludes halogenated alkanes) is 2. The largest absolute Gasteiger partial charge is 0.467 e. The van der Waals surface area contributed by atoms with Crippen LogP contribution in [0.3, 0.4) is 0 Å². The van der Waals surface area contributed by atoms with Crippen LogP contribution in [0.1, 0.15) is 63.7 Å². The van der Waals surface area contributed by atoms with Crippen molar-refractivity contribution in [3.05, 3.63) is 30.0 Å². The molecular weight excluding hydrogens is 488 g/mol. The number of nitrogens with zero attached hydrogens (tertiary/aromatic N) is 5. The smallest absolute Gasteiger partial charge is 0.251 e. The molecule has 4 N–H and O–H groups in total. The molecule has 0 saturated carbocycles. The molecule has 2 saturated heterocycles. The normalized spacial score (nSPS) is 23.2. The Morgan fingerprint density at radius 2 is 2.17 bits per heavy atom. The Balaban J connectivity index is 1.45. The quantitative estimate of drug-likeness (QED) is 0.264. The van der Waals surface area contributed by atoms with E-state index in [-0.39, 0.29) is 30.3 Å². The number of amides is 3. The standard InChI is InChI=1S/C22H32N8O5S/c1-4-5-6-9-34-12-29-18(26-27-28-29)17-22(2,3)36-21-16(20(33)30(17)21)25-19(32)15(24-14(31)11-23)13-8-7-10-35-13/h7-8,10,15-17,21H,4-6,9,11-12,23H2,1-3H3,(H,24,31)(H,25,32)/t15?,16?,17?,21-/m1/s1. The number of carbonyl (C=O) groups is 3. The summed E-state index contributed by atoms with van der Waals surface area (Å²) in [6, 6.07) is 0.904. The predicted molar refractivity (Wildman–Crippen MR) is 129 cm³/mol.